The summed E-state index contributed by atoms with van der Waals surface area (Å²) < 4.78 is 10.7. The number of benzene rings is 1. The first-order valence-corrected chi connectivity index (χ1v) is 8.52. The summed E-state index contributed by atoms with van der Waals surface area (Å²) in [7, 11) is 0. The van der Waals surface area contributed by atoms with Crippen molar-refractivity contribution in [3.05, 3.63) is 47.4 Å². The Hall–Kier alpha value is -2.83. The Morgan fingerprint density at radius 1 is 1.23 bits per heavy atom. The first-order valence-electron chi connectivity index (χ1n) is 8.52. The minimum absolute atomic E-state index is 0.0815. The van der Waals surface area contributed by atoms with Gasteiger partial charge in [-0.3, -0.25) is 4.79 Å². The summed E-state index contributed by atoms with van der Waals surface area (Å²) in [5, 5.41) is 7.21. The van der Waals surface area contributed by atoms with Crippen molar-refractivity contribution in [3.63, 3.8) is 0 Å². The number of nitrogens with zero attached hydrogens (tertiary/aromatic N) is 1. The van der Waals surface area contributed by atoms with Crippen molar-refractivity contribution in [1.82, 2.24) is 10.7 Å². The molecule has 0 atom stereocenters. The number of hydrogen-bond donors (Lipinski definition) is 2. The largest absolute Gasteiger partial charge is 0.472 e. The summed E-state index contributed by atoms with van der Waals surface area (Å²) in [6.07, 6.45) is 0.198. The van der Waals surface area contributed by atoms with E-state index in [1.165, 1.54) is 0 Å². The molecule has 0 fully saturated rings. The minimum atomic E-state index is -0.534. The van der Waals surface area contributed by atoms with E-state index in [-0.39, 0.29) is 36.7 Å². The third-order valence-electron chi connectivity index (χ3n) is 3.36. The molecule has 1 aliphatic rings. The van der Waals surface area contributed by atoms with Gasteiger partial charge in [0, 0.05) is 5.54 Å². The number of amides is 1. The van der Waals surface area contributed by atoms with Crippen molar-refractivity contribution in [2.24, 2.45) is 5.10 Å². The second kappa shape index (κ2) is 8.51. The molecule has 1 aromatic rings. The molecule has 7 heteroatoms. The van der Waals surface area contributed by atoms with E-state index in [9.17, 15) is 9.59 Å². The molecule has 1 aromatic carbocycles. The van der Waals surface area contributed by atoms with E-state index in [1.807, 2.05) is 51.1 Å². The zero-order chi connectivity index (χ0) is 19.2. The summed E-state index contributed by atoms with van der Waals surface area (Å²) in [5.74, 6) is -0.496. The van der Waals surface area contributed by atoms with Crippen LogP contribution in [0.5, 0.6) is 0 Å². The highest BCUT2D eigenvalue weighted by molar-refractivity contribution is 6.22. The smallest absolute Gasteiger partial charge is 0.345 e. The summed E-state index contributed by atoms with van der Waals surface area (Å²) in [6, 6.07) is 9.34. The molecule has 2 rings (SSSR count). The molecule has 1 aliphatic heterocycles. The lowest BCUT2D eigenvalue weighted by atomic mass is 10.1. The van der Waals surface area contributed by atoms with Gasteiger partial charge in [0.2, 0.25) is 11.8 Å². The van der Waals surface area contributed by atoms with E-state index < -0.39 is 5.97 Å². The van der Waals surface area contributed by atoms with Gasteiger partial charge >= 0.3 is 5.97 Å². The number of hydrogen-bond acceptors (Lipinski definition) is 6. The van der Waals surface area contributed by atoms with Crippen LogP contribution >= 0.6 is 0 Å². The van der Waals surface area contributed by atoms with E-state index in [0.717, 1.165) is 5.56 Å². The van der Waals surface area contributed by atoms with Gasteiger partial charge in [0.25, 0.3) is 0 Å². The maximum atomic E-state index is 12.3. The van der Waals surface area contributed by atoms with Crippen molar-refractivity contribution in [2.75, 3.05) is 13.2 Å². The molecule has 0 spiro atoms. The molecule has 0 bridgehead atoms. The van der Waals surface area contributed by atoms with Crippen LogP contribution in [0.1, 0.15) is 33.3 Å². The Morgan fingerprint density at radius 3 is 2.54 bits per heavy atom. The molecule has 1 amide bonds. The Labute approximate surface area is 153 Å². The van der Waals surface area contributed by atoms with Gasteiger partial charge in [-0.2, -0.15) is 5.10 Å². The van der Waals surface area contributed by atoms with E-state index in [4.69, 9.17) is 9.47 Å². The third kappa shape index (κ3) is 5.61. The highest BCUT2D eigenvalue weighted by Gasteiger charge is 2.32. The summed E-state index contributed by atoms with van der Waals surface area (Å²) in [4.78, 5) is 24.4. The maximum absolute atomic E-state index is 12.3. The average molecular weight is 359 g/mol. The molecule has 1 heterocycles. The lowest BCUT2D eigenvalue weighted by Crippen LogP contribution is -2.36. The minimum Gasteiger partial charge on any atom is -0.472 e. The van der Waals surface area contributed by atoms with Crippen molar-refractivity contribution in [3.8, 4) is 0 Å². The number of carbonyl (C=O) groups excluding carboxylic acids is 2. The van der Waals surface area contributed by atoms with Crippen molar-refractivity contribution in [2.45, 2.75) is 39.7 Å². The maximum Gasteiger partial charge on any atom is 0.345 e. The van der Waals surface area contributed by atoms with Crippen LogP contribution in [0.2, 0.25) is 0 Å². The van der Waals surface area contributed by atoms with Gasteiger partial charge in [-0.1, -0.05) is 30.3 Å². The third-order valence-corrected chi connectivity index (χ3v) is 3.36. The Balaban J connectivity index is 2.14. The second-order valence-electron chi connectivity index (χ2n) is 6.84. The van der Waals surface area contributed by atoms with Gasteiger partial charge in [-0.15, -0.1) is 0 Å². The quantitative estimate of drug-likeness (QED) is 0.598. The molecule has 7 nitrogen and oxygen atoms in total. The van der Waals surface area contributed by atoms with E-state index in [0.29, 0.717) is 11.6 Å². The second-order valence-corrected chi connectivity index (χ2v) is 6.84. The van der Waals surface area contributed by atoms with Crippen LogP contribution in [0.4, 0.5) is 0 Å². The average Bonchev–Trinajstić information content (AvgIpc) is 2.95. The Kier molecular flexibility index (Phi) is 6.38. The van der Waals surface area contributed by atoms with Crippen molar-refractivity contribution >= 4 is 17.6 Å². The summed E-state index contributed by atoms with van der Waals surface area (Å²) in [6.45, 7) is 7.88. The molecule has 26 heavy (non-hydrogen) atoms. The van der Waals surface area contributed by atoms with Crippen LogP contribution in [0.15, 0.2) is 46.9 Å². The molecular weight excluding hydrogens is 334 g/mol. The highest BCUT2D eigenvalue weighted by Crippen LogP contribution is 2.19. The Bertz CT molecular complexity index is 718. The zero-order valence-electron chi connectivity index (χ0n) is 15.6. The predicted molar refractivity (Wildman–Crippen MR) is 98.2 cm³/mol. The van der Waals surface area contributed by atoms with Crippen LogP contribution in [-0.4, -0.2) is 36.3 Å². The monoisotopic (exact) mass is 359 g/mol. The SMILES string of the molecule is CCOC(=O)C1=C(NC(C)(C)C)OC/C1=N/NC(=O)Cc1ccccc1. The van der Waals surface area contributed by atoms with Gasteiger partial charge in [0.15, 0.2) is 0 Å². The summed E-state index contributed by atoms with van der Waals surface area (Å²) >= 11 is 0. The fourth-order valence-corrected chi connectivity index (χ4v) is 2.31. The molecule has 140 valence electrons. The lowest BCUT2D eigenvalue weighted by Gasteiger charge is -2.22. The van der Waals surface area contributed by atoms with E-state index >= 15 is 0 Å². The molecule has 0 aromatic heterocycles. The van der Waals surface area contributed by atoms with Crippen LogP contribution in [0, 0.1) is 0 Å². The standard InChI is InChI=1S/C19H25N3O4/c1-5-25-18(24)16-14(12-26-17(16)20-19(2,3)4)21-22-15(23)11-13-9-7-6-8-10-13/h6-10,20H,5,11-12H2,1-4H3,(H,22,23)/b21-14-. The molecule has 0 saturated carbocycles. The molecular formula is C19H25N3O4. The van der Waals surface area contributed by atoms with Crippen LogP contribution < -0.4 is 10.7 Å². The zero-order valence-corrected chi connectivity index (χ0v) is 15.6. The lowest BCUT2D eigenvalue weighted by molar-refractivity contribution is -0.138. The number of rotatable bonds is 6. The summed E-state index contributed by atoms with van der Waals surface area (Å²) in [5.41, 5.74) is 3.60. The number of ether oxygens (including phenoxy) is 2. The van der Waals surface area contributed by atoms with Crippen LogP contribution in [-0.2, 0) is 25.5 Å². The molecule has 0 aliphatic carbocycles. The fraction of sp³-hybridized carbons (Fsp3) is 0.421. The number of esters is 1. The van der Waals surface area contributed by atoms with Gasteiger partial charge in [-0.05, 0) is 33.3 Å². The molecule has 2 N–H and O–H groups in total. The van der Waals surface area contributed by atoms with Gasteiger partial charge in [-0.25, -0.2) is 10.2 Å². The van der Waals surface area contributed by atoms with Gasteiger partial charge in [0.1, 0.15) is 17.9 Å². The van der Waals surface area contributed by atoms with Crippen LogP contribution in [0.25, 0.3) is 0 Å². The molecule has 0 saturated heterocycles. The topological polar surface area (TPSA) is 89.0 Å². The number of nitrogens with one attached hydrogen (secondary N) is 2. The fourth-order valence-electron chi connectivity index (χ4n) is 2.31. The van der Waals surface area contributed by atoms with Crippen molar-refractivity contribution < 1.29 is 19.1 Å². The Morgan fingerprint density at radius 2 is 1.92 bits per heavy atom. The van der Waals surface area contributed by atoms with Crippen molar-refractivity contribution in [1.29, 1.82) is 0 Å². The highest BCUT2D eigenvalue weighted by atomic mass is 16.5. The van der Waals surface area contributed by atoms with E-state index in [2.05, 4.69) is 15.8 Å². The molecule has 0 radical (unpaired) electrons. The first-order chi connectivity index (χ1) is 12.3. The van der Waals surface area contributed by atoms with Gasteiger partial charge in [0.05, 0.1) is 13.0 Å². The molecule has 0 unspecified atom stereocenters. The van der Waals surface area contributed by atoms with E-state index in [1.54, 1.807) is 6.92 Å². The van der Waals surface area contributed by atoms with Crippen LogP contribution in [0.3, 0.4) is 0 Å². The van der Waals surface area contributed by atoms with Gasteiger partial charge < -0.3 is 14.8 Å². The number of carbonyl (C=O) groups is 2. The normalized spacial score (nSPS) is 15.6. The predicted octanol–water partition coefficient (Wildman–Crippen LogP) is 1.89. The number of hydrazone groups is 1. The first kappa shape index (κ1) is 19.5.